The van der Waals surface area contributed by atoms with E-state index in [4.69, 9.17) is 4.74 Å². The van der Waals surface area contributed by atoms with E-state index in [2.05, 4.69) is 0 Å². The van der Waals surface area contributed by atoms with E-state index in [1.807, 2.05) is 66.8 Å². The summed E-state index contributed by atoms with van der Waals surface area (Å²) in [7, 11) is 0. The summed E-state index contributed by atoms with van der Waals surface area (Å²) in [6.07, 6.45) is 8.88. The highest BCUT2D eigenvalue weighted by Gasteiger charge is 2.71. The van der Waals surface area contributed by atoms with E-state index < -0.39 is 22.6 Å². The maximum atomic E-state index is 14.3. The molecule has 8 heteroatoms. The number of carbonyl (C=O) groups is 3. The SMILES string of the molecule is O=C1OCC=C[C@@H]2S[C@]34C=CCN(c5ccc6ccccc6c5)C(=O)C3N(CCCCO)C(=O)[C@@H]4[C@H]12. The lowest BCUT2D eigenvalue weighted by atomic mass is 9.78. The molecule has 2 amide bonds. The van der Waals surface area contributed by atoms with Gasteiger partial charge in [-0.3, -0.25) is 14.4 Å². The number of aliphatic hydroxyl groups is 1. The van der Waals surface area contributed by atoms with Gasteiger partial charge in [-0.05, 0) is 35.7 Å². The summed E-state index contributed by atoms with van der Waals surface area (Å²) in [5, 5.41) is 11.2. The second kappa shape index (κ2) is 9.09. The van der Waals surface area contributed by atoms with Crippen molar-refractivity contribution in [2.24, 2.45) is 11.8 Å². The number of ether oxygens (including phenoxy) is 1. The van der Waals surface area contributed by atoms with Gasteiger partial charge >= 0.3 is 5.97 Å². The van der Waals surface area contributed by atoms with Gasteiger partial charge in [0.2, 0.25) is 5.91 Å². The number of thioether (sulfide) groups is 1. The van der Waals surface area contributed by atoms with Crippen LogP contribution in [-0.4, -0.2) is 70.1 Å². The molecule has 5 atom stereocenters. The van der Waals surface area contributed by atoms with E-state index >= 15 is 0 Å². The molecular formula is C28H28N2O5S. The number of amides is 2. The number of cyclic esters (lactones) is 1. The fourth-order valence-corrected chi connectivity index (χ4v) is 8.18. The average Bonchev–Trinajstić information content (AvgIpc) is 3.18. The first kappa shape index (κ1) is 23.3. The van der Waals surface area contributed by atoms with E-state index in [0.717, 1.165) is 16.5 Å². The minimum absolute atomic E-state index is 0.0227. The van der Waals surface area contributed by atoms with Crippen molar-refractivity contribution < 1.29 is 24.2 Å². The van der Waals surface area contributed by atoms with Gasteiger partial charge in [-0.25, -0.2) is 0 Å². The highest BCUT2D eigenvalue weighted by atomic mass is 32.2. The van der Waals surface area contributed by atoms with E-state index in [1.54, 1.807) is 21.6 Å². The van der Waals surface area contributed by atoms with Crippen LogP contribution < -0.4 is 4.90 Å². The Morgan fingerprint density at radius 3 is 2.69 bits per heavy atom. The zero-order chi connectivity index (χ0) is 24.9. The first-order valence-corrected chi connectivity index (χ1v) is 13.3. The lowest BCUT2D eigenvalue weighted by Gasteiger charge is -2.35. The fraction of sp³-hybridized carbons (Fsp3) is 0.393. The Bertz CT molecular complexity index is 1290. The van der Waals surface area contributed by atoms with Crippen LogP contribution in [0.25, 0.3) is 10.8 Å². The van der Waals surface area contributed by atoms with Gasteiger partial charge < -0.3 is 19.6 Å². The zero-order valence-electron chi connectivity index (χ0n) is 19.8. The van der Waals surface area contributed by atoms with Crippen molar-refractivity contribution in [3.8, 4) is 0 Å². The van der Waals surface area contributed by atoms with Gasteiger partial charge in [0.15, 0.2) is 0 Å². The zero-order valence-corrected chi connectivity index (χ0v) is 20.6. The molecule has 1 N–H and O–H groups in total. The number of carbonyl (C=O) groups excluding carboxylic acids is 3. The van der Waals surface area contributed by atoms with Gasteiger partial charge in [0, 0.05) is 30.6 Å². The molecule has 2 aromatic rings. The molecule has 4 heterocycles. The Kier molecular flexibility index (Phi) is 5.88. The van der Waals surface area contributed by atoms with Crippen LogP contribution in [0.1, 0.15) is 12.8 Å². The molecular weight excluding hydrogens is 476 g/mol. The van der Waals surface area contributed by atoms with E-state index in [9.17, 15) is 19.5 Å². The molecule has 36 heavy (non-hydrogen) atoms. The number of hydrogen-bond donors (Lipinski definition) is 1. The third-order valence-corrected chi connectivity index (χ3v) is 9.51. The van der Waals surface area contributed by atoms with Crippen molar-refractivity contribution in [3.05, 3.63) is 66.8 Å². The van der Waals surface area contributed by atoms with E-state index in [-0.39, 0.29) is 36.2 Å². The van der Waals surface area contributed by atoms with Crippen LogP contribution in [0.2, 0.25) is 0 Å². The molecule has 2 saturated heterocycles. The summed E-state index contributed by atoms with van der Waals surface area (Å²) in [5.74, 6) is -1.99. The quantitative estimate of drug-likeness (QED) is 0.383. The van der Waals surface area contributed by atoms with Gasteiger partial charge in [0.05, 0.1) is 16.6 Å². The lowest BCUT2D eigenvalue weighted by molar-refractivity contribution is -0.151. The highest BCUT2D eigenvalue weighted by Crippen LogP contribution is 2.61. The second-order valence-corrected chi connectivity index (χ2v) is 11.2. The third-order valence-electron chi connectivity index (χ3n) is 7.77. The summed E-state index contributed by atoms with van der Waals surface area (Å²) >= 11 is 1.54. The number of aliphatic hydroxyl groups excluding tert-OH is 1. The molecule has 4 aliphatic rings. The predicted octanol–water partition coefficient (Wildman–Crippen LogP) is 2.93. The lowest BCUT2D eigenvalue weighted by Crippen LogP contribution is -2.53. The van der Waals surface area contributed by atoms with Crippen LogP contribution in [0, 0.1) is 11.8 Å². The first-order valence-electron chi connectivity index (χ1n) is 12.5. The summed E-state index contributed by atoms with van der Waals surface area (Å²) < 4.78 is 4.56. The third kappa shape index (κ3) is 3.50. The number of nitrogens with zero attached hydrogens (tertiary/aromatic N) is 2. The normalized spacial score (nSPS) is 31.2. The molecule has 2 aromatic carbocycles. The molecule has 0 radical (unpaired) electrons. The van der Waals surface area contributed by atoms with Crippen LogP contribution in [0.15, 0.2) is 66.8 Å². The maximum Gasteiger partial charge on any atom is 0.311 e. The molecule has 0 aliphatic carbocycles. The fourth-order valence-electron chi connectivity index (χ4n) is 6.18. The molecule has 1 unspecified atom stereocenters. The molecule has 1 spiro atoms. The summed E-state index contributed by atoms with van der Waals surface area (Å²) in [4.78, 5) is 44.7. The summed E-state index contributed by atoms with van der Waals surface area (Å²) in [5.41, 5.74) is 0.781. The van der Waals surface area contributed by atoms with Gasteiger partial charge in [-0.1, -0.05) is 54.6 Å². The first-order chi connectivity index (χ1) is 17.5. The smallest absolute Gasteiger partial charge is 0.311 e. The molecule has 0 aromatic heterocycles. The molecule has 186 valence electrons. The average molecular weight is 505 g/mol. The molecule has 0 bridgehead atoms. The van der Waals surface area contributed by atoms with Crippen LogP contribution in [0.3, 0.4) is 0 Å². The molecule has 4 aliphatic heterocycles. The second-order valence-electron chi connectivity index (χ2n) is 9.75. The Hall–Kier alpha value is -3.10. The van der Waals surface area contributed by atoms with Crippen molar-refractivity contribution in [2.45, 2.75) is 28.9 Å². The van der Waals surface area contributed by atoms with Gasteiger partial charge in [-0.2, -0.15) is 0 Å². The standard InChI is InChI=1S/C28H28N2O5S/c31-15-4-3-13-30-24-26(33)29(20-11-10-18-7-1-2-8-19(18)17-20)14-6-12-28(24)23(25(30)32)22-21(36-28)9-5-16-35-27(22)34/h1-2,5-12,17,21-24,31H,3-4,13-16H2/t21-,22+,23-,24?,28-/m0/s1. The minimum atomic E-state index is -0.852. The van der Waals surface area contributed by atoms with Crippen molar-refractivity contribution in [1.82, 2.24) is 4.90 Å². The molecule has 0 saturated carbocycles. The van der Waals surface area contributed by atoms with Crippen molar-refractivity contribution >= 4 is 46.0 Å². The molecule has 6 rings (SSSR count). The van der Waals surface area contributed by atoms with Crippen molar-refractivity contribution in [3.63, 3.8) is 0 Å². The minimum Gasteiger partial charge on any atom is -0.461 e. The van der Waals surface area contributed by atoms with Gasteiger partial charge in [0.25, 0.3) is 5.91 Å². The Morgan fingerprint density at radius 1 is 1.03 bits per heavy atom. The number of rotatable bonds is 5. The number of anilines is 1. The largest absolute Gasteiger partial charge is 0.461 e. The number of fused-ring (bicyclic) bond motifs is 3. The van der Waals surface area contributed by atoms with Gasteiger partial charge in [-0.15, -0.1) is 11.8 Å². The van der Waals surface area contributed by atoms with Gasteiger partial charge in [0.1, 0.15) is 12.6 Å². The highest BCUT2D eigenvalue weighted by molar-refractivity contribution is 8.02. The van der Waals surface area contributed by atoms with E-state index in [0.29, 0.717) is 25.9 Å². The van der Waals surface area contributed by atoms with Crippen LogP contribution >= 0.6 is 11.8 Å². The monoisotopic (exact) mass is 504 g/mol. The maximum absolute atomic E-state index is 14.3. The Labute approximate surface area is 213 Å². The van der Waals surface area contributed by atoms with Crippen molar-refractivity contribution in [2.75, 3.05) is 31.2 Å². The Morgan fingerprint density at radius 2 is 1.86 bits per heavy atom. The predicted molar refractivity (Wildman–Crippen MR) is 138 cm³/mol. The molecule has 2 fully saturated rings. The summed E-state index contributed by atoms with van der Waals surface area (Å²) in [6.45, 7) is 0.969. The van der Waals surface area contributed by atoms with E-state index in [1.165, 1.54) is 0 Å². The summed E-state index contributed by atoms with van der Waals surface area (Å²) in [6, 6.07) is 13.2. The van der Waals surface area contributed by atoms with Crippen LogP contribution in [-0.2, 0) is 19.1 Å². The number of unbranched alkanes of at least 4 members (excludes halogenated alkanes) is 1. The van der Waals surface area contributed by atoms with Crippen LogP contribution in [0.4, 0.5) is 5.69 Å². The topological polar surface area (TPSA) is 87.2 Å². The number of likely N-dealkylation sites (tertiary alicyclic amines) is 1. The van der Waals surface area contributed by atoms with Crippen molar-refractivity contribution in [1.29, 1.82) is 0 Å². The Balaban J connectivity index is 1.43. The number of hydrogen-bond acceptors (Lipinski definition) is 6. The van der Waals surface area contributed by atoms with Crippen LogP contribution in [0.5, 0.6) is 0 Å². The number of benzene rings is 2. The number of esters is 1. The molecule has 7 nitrogen and oxygen atoms in total.